The maximum atomic E-state index is 11.8. The largest absolute Gasteiger partial charge is 0.301 e. The number of benzene rings is 1. The van der Waals surface area contributed by atoms with E-state index < -0.39 is 20.4 Å². The molecule has 0 radical (unpaired) electrons. The third-order valence-corrected chi connectivity index (χ3v) is 5.57. The molecule has 0 fully saturated rings. The second-order valence-electron chi connectivity index (χ2n) is 4.81. The molecule has 0 spiro atoms. The monoisotopic (exact) mass is 336 g/mol. The average Bonchev–Trinajstić information content (AvgIpc) is 2.31. The zero-order chi connectivity index (χ0) is 16.4. The van der Waals surface area contributed by atoms with Crippen LogP contribution in [-0.4, -0.2) is 53.6 Å². The Morgan fingerprint density at radius 3 is 1.76 bits per heavy atom. The first-order chi connectivity index (χ1) is 9.45. The molecule has 0 aromatic heterocycles. The second-order valence-corrected chi connectivity index (χ2v) is 8.58. The summed E-state index contributed by atoms with van der Waals surface area (Å²) in [5.74, 6) is 0. The zero-order valence-corrected chi connectivity index (χ0v) is 14.2. The van der Waals surface area contributed by atoms with Gasteiger partial charge in [-0.05, 0) is 30.7 Å². The van der Waals surface area contributed by atoms with Gasteiger partial charge >= 0.3 is 20.4 Å². The van der Waals surface area contributed by atoms with Gasteiger partial charge in [0.2, 0.25) is 0 Å². The molecule has 0 aliphatic rings. The molecule has 2 N–H and O–H groups in total. The fourth-order valence-corrected chi connectivity index (χ4v) is 2.61. The van der Waals surface area contributed by atoms with E-state index >= 15 is 0 Å². The molecule has 120 valence electrons. The standard InChI is InChI=1S/C11H20N4O4S2/c1-9-8-10(12-20(16,17)14(2)3)6-7-11(9)13-21(18,19)15(4)5/h6-8,12-13H,1-5H3. The summed E-state index contributed by atoms with van der Waals surface area (Å²) in [6, 6.07) is 4.54. The summed E-state index contributed by atoms with van der Waals surface area (Å²) in [5.41, 5.74) is 1.34. The Morgan fingerprint density at radius 1 is 0.857 bits per heavy atom. The van der Waals surface area contributed by atoms with Gasteiger partial charge in [-0.3, -0.25) is 9.44 Å². The molecule has 0 aliphatic heterocycles. The quantitative estimate of drug-likeness (QED) is 0.787. The molecular formula is C11H20N4O4S2. The van der Waals surface area contributed by atoms with E-state index in [9.17, 15) is 16.8 Å². The lowest BCUT2D eigenvalue weighted by Crippen LogP contribution is -2.29. The molecule has 0 saturated heterocycles. The lowest BCUT2D eigenvalue weighted by molar-refractivity contribution is 0.525. The number of aryl methyl sites for hydroxylation is 1. The first kappa shape index (κ1) is 17.7. The van der Waals surface area contributed by atoms with Crippen molar-refractivity contribution in [1.82, 2.24) is 8.61 Å². The molecule has 10 heteroatoms. The van der Waals surface area contributed by atoms with Crippen molar-refractivity contribution in [2.75, 3.05) is 37.6 Å². The van der Waals surface area contributed by atoms with Gasteiger partial charge in [-0.15, -0.1) is 0 Å². The van der Waals surface area contributed by atoms with Crippen LogP contribution in [0.3, 0.4) is 0 Å². The SMILES string of the molecule is Cc1cc(NS(=O)(=O)N(C)C)ccc1NS(=O)(=O)N(C)C. The Balaban J connectivity index is 3.02. The number of hydrogen-bond acceptors (Lipinski definition) is 4. The molecule has 0 aliphatic carbocycles. The topological polar surface area (TPSA) is 98.8 Å². The van der Waals surface area contributed by atoms with Gasteiger partial charge in [-0.1, -0.05) is 0 Å². The maximum absolute atomic E-state index is 11.8. The van der Waals surface area contributed by atoms with Crippen molar-refractivity contribution in [2.45, 2.75) is 6.92 Å². The molecule has 1 rings (SSSR count). The van der Waals surface area contributed by atoms with E-state index in [0.717, 1.165) is 8.61 Å². The summed E-state index contributed by atoms with van der Waals surface area (Å²) < 4.78 is 53.8. The van der Waals surface area contributed by atoms with E-state index in [2.05, 4.69) is 9.44 Å². The molecule has 1 aromatic carbocycles. The predicted molar refractivity (Wildman–Crippen MR) is 83.6 cm³/mol. The van der Waals surface area contributed by atoms with Crippen molar-refractivity contribution < 1.29 is 16.8 Å². The molecule has 0 bridgehead atoms. The Labute approximate surface area is 126 Å². The van der Waals surface area contributed by atoms with Gasteiger partial charge in [0, 0.05) is 28.2 Å². The number of anilines is 2. The average molecular weight is 336 g/mol. The maximum Gasteiger partial charge on any atom is 0.301 e. The third kappa shape index (κ3) is 4.56. The van der Waals surface area contributed by atoms with Gasteiger partial charge < -0.3 is 0 Å². The van der Waals surface area contributed by atoms with Crippen molar-refractivity contribution in [1.29, 1.82) is 0 Å². The fraction of sp³-hybridized carbons (Fsp3) is 0.455. The number of nitrogens with one attached hydrogen (secondary N) is 2. The number of rotatable bonds is 6. The molecular weight excluding hydrogens is 316 g/mol. The van der Waals surface area contributed by atoms with E-state index in [1.54, 1.807) is 13.0 Å². The van der Waals surface area contributed by atoms with Gasteiger partial charge in [0.05, 0.1) is 11.4 Å². The third-order valence-electron chi connectivity index (χ3n) is 2.67. The van der Waals surface area contributed by atoms with Gasteiger partial charge in [0.1, 0.15) is 0 Å². The van der Waals surface area contributed by atoms with Crippen molar-refractivity contribution >= 4 is 31.8 Å². The predicted octanol–water partition coefficient (Wildman–Crippen LogP) is 0.432. The Hall–Kier alpha value is -1.36. The molecule has 1 aromatic rings. The van der Waals surface area contributed by atoms with Crippen molar-refractivity contribution in [3.63, 3.8) is 0 Å². The van der Waals surface area contributed by atoms with E-state index in [0.29, 0.717) is 16.9 Å². The van der Waals surface area contributed by atoms with E-state index in [1.165, 1.54) is 40.3 Å². The number of hydrogen-bond donors (Lipinski definition) is 2. The Morgan fingerprint density at radius 2 is 1.33 bits per heavy atom. The van der Waals surface area contributed by atoms with Crippen LogP contribution in [0.25, 0.3) is 0 Å². The molecule has 0 atom stereocenters. The van der Waals surface area contributed by atoms with Crippen LogP contribution < -0.4 is 9.44 Å². The molecule has 0 heterocycles. The lowest BCUT2D eigenvalue weighted by atomic mass is 10.2. The Kier molecular flexibility index (Phi) is 5.20. The lowest BCUT2D eigenvalue weighted by Gasteiger charge is -2.17. The summed E-state index contributed by atoms with van der Waals surface area (Å²) in [6.45, 7) is 1.68. The van der Waals surface area contributed by atoms with E-state index in [-0.39, 0.29) is 0 Å². The van der Waals surface area contributed by atoms with Crippen LogP contribution in [-0.2, 0) is 20.4 Å². The molecule has 0 unspecified atom stereocenters. The van der Waals surface area contributed by atoms with Crippen LogP contribution in [0.5, 0.6) is 0 Å². The molecule has 21 heavy (non-hydrogen) atoms. The highest BCUT2D eigenvalue weighted by molar-refractivity contribution is 7.90. The van der Waals surface area contributed by atoms with Gasteiger partial charge in [-0.2, -0.15) is 25.4 Å². The highest BCUT2D eigenvalue weighted by Crippen LogP contribution is 2.22. The first-order valence-electron chi connectivity index (χ1n) is 5.97. The first-order valence-corrected chi connectivity index (χ1v) is 8.85. The molecule has 8 nitrogen and oxygen atoms in total. The highest BCUT2D eigenvalue weighted by atomic mass is 32.2. The minimum atomic E-state index is -3.60. The Bertz CT molecular complexity index is 712. The minimum absolute atomic E-state index is 0.356. The zero-order valence-electron chi connectivity index (χ0n) is 12.6. The van der Waals surface area contributed by atoms with E-state index in [4.69, 9.17) is 0 Å². The van der Waals surface area contributed by atoms with Crippen LogP contribution in [0, 0.1) is 6.92 Å². The molecule has 0 amide bonds. The normalized spacial score (nSPS) is 12.7. The van der Waals surface area contributed by atoms with Crippen LogP contribution in [0.1, 0.15) is 5.56 Å². The second kappa shape index (κ2) is 6.18. The fourth-order valence-electron chi connectivity index (χ4n) is 1.31. The van der Waals surface area contributed by atoms with E-state index in [1.807, 2.05) is 0 Å². The van der Waals surface area contributed by atoms with Crippen LogP contribution in [0.2, 0.25) is 0 Å². The minimum Gasteiger partial charge on any atom is -0.271 e. The van der Waals surface area contributed by atoms with Gasteiger partial charge in [0.15, 0.2) is 0 Å². The molecule has 0 saturated carbocycles. The number of nitrogens with zero attached hydrogens (tertiary/aromatic N) is 2. The van der Waals surface area contributed by atoms with Crippen LogP contribution >= 0.6 is 0 Å². The summed E-state index contributed by atoms with van der Waals surface area (Å²) in [5, 5.41) is 0. The van der Waals surface area contributed by atoms with Crippen LogP contribution in [0.4, 0.5) is 11.4 Å². The van der Waals surface area contributed by atoms with Crippen LogP contribution in [0.15, 0.2) is 18.2 Å². The summed E-state index contributed by atoms with van der Waals surface area (Å²) in [6.07, 6.45) is 0. The smallest absolute Gasteiger partial charge is 0.271 e. The highest BCUT2D eigenvalue weighted by Gasteiger charge is 2.16. The summed E-state index contributed by atoms with van der Waals surface area (Å²) in [7, 11) is -1.54. The summed E-state index contributed by atoms with van der Waals surface area (Å²) >= 11 is 0. The van der Waals surface area contributed by atoms with Gasteiger partial charge in [-0.25, -0.2) is 0 Å². The summed E-state index contributed by atoms with van der Waals surface area (Å²) in [4.78, 5) is 0. The van der Waals surface area contributed by atoms with Crippen molar-refractivity contribution in [3.05, 3.63) is 23.8 Å². The van der Waals surface area contributed by atoms with Crippen molar-refractivity contribution in [2.24, 2.45) is 0 Å². The van der Waals surface area contributed by atoms with Crippen molar-refractivity contribution in [3.8, 4) is 0 Å². The van der Waals surface area contributed by atoms with Gasteiger partial charge in [0.25, 0.3) is 0 Å².